The highest BCUT2D eigenvalue weighted by Gasteiger charge is 2.30. The first-order valence-electron chi connectivity index (χ1n) is 5.79. The third-order valence-electron chi connectivity index (χ3n) is 3.48. The smallest absolute Gasteiger partial charge is 0.0535 e. The van der Waals surface area contributed by atoms with Gasteiger partial charge in [-0.25, -0.2) is 0 Å². The average Bonchev–Trinajstić information content (AvgIpc) is 2.69. The van der Waals surface area contributed by atoms with Gasteiger partial charge >= 0.3 is 0 Å². The van der Waals surface area contributed by atoms with E-state index in [-0.39, 0.29) is 0 Å². The topological polar surface area (TPSA) is 40.7 Å². The third-order valence-corrected chi connectivity index (χ3v) is 3.48. The zero-order valence-corrected chi connectivity index (χ0v) is 9.93. The molecule has 0 radical (unpaired) electrons. The van der Waals surface area contributed by atoms with E-state index in [1.165, 1.54) is 30.5 Å². The monoisotopic (exact) mass is 207 g/mol. The first-order valence-corrected chi connectivity index (χ1v) is 5.79. The van der Waals surface area contributed by atoms with Crippen LogP contribution in [0.5, 0.6) is 0 Å². The van der Waals surface area contributed by atoms with Crippen LogP contribution in [0.2, 0.25) is 0 Å². The number of hydrogen-bond acceptors (Lipinski definition) is 2. The van der Waals surface area contributed by atoms with Gasteiger partial charge in [-0.3, -0.25) is 5.10 Å². The largest absolute Gasteiger partial charge is 0.310 e. The van der Waals surface area contributed by atoms with Crippen LogP contribution in [0.3, 0.4) is 0 Å². The summed E-state index contributed by atoms with van der Waals surface area (Å²) in [6, 6.07) is 0.689. The van der Waals surface area contributed by atoms with Gasteiger partial charge in [-0.05, 0) is 31.6 Å². The molecule has 2 N–H and O–H groups in total. The van der Waals surface area contributed by atoms with E-state index >= 15 is 0 Å². The van der Waals surface area contributed by atoms with Gasteiger partial charge in [0.15, 0.2) is 0 Å². The number of aromatic amines is 1. The van der Waals surface area contributed by atoms with E-state index in [2.05, 4.69) is 36.3 Å². The van der Waals surface area contributed by atoms with Gasteiger partial charge in [-0.1, -0.05) is 13.8 Å². The Balaban J connectivity index is 1.83. The normalized spacial score (nSPS) is 24.6. The third kappa shape index (κ3) is 2.59. The van der Waals surface area contributed by atoms with Crippen molar-refractivity contribution in [2.24, 2.45) is 5.41 Å². The molecule has 84 valence electrons. The lowest BCUT2D eigenvalue weighted by Crippen LogP contribution is -2.26. The Bertz CT molecular complexity index is 327. The van der Waals surface area contributed by atoms with Crippen molar-refractivity contribution >= 4 is 0 Å². The summed E-state index contributed by atoms with van der Waals surface area (Å²) in [5.74, 6) is 0. The van der Waals surface area contributed by atoms with Gasteiger partial charge in [-0.15, -0.1) is 0 Å². The zero-order valence-electron chi connectivity index (χ0n) is 9.93. The molecule has 1 aromatic rings. The minimum atomic E-state index is 0.531. The van der Waals surface area contributed by atoms with Crippen LogP contribution in [0.25, 0.3) is 0 Å². The van der Waals surface area contributed by atoms with Gasteiger partial charge in [0.2, 0.25) is 0 Å². The molecule has 1 aliphatic rings. The predicted molar refractivity (Wildman–Crippen MR) is 61.6 cm³/mol. The predicted octanol–water partition coefficient (Wildman–Crippen LogP) is 2.39. The number of aromatic nitrogens is 2. The number of rotatable bonds is 3. The molecule has 0 spiro atoms. The second kappa shape index (κ2) is 3.97. The molecule has 0 saturated heterocycles. The molecule has 1 atom stereocenters. The molecule has 0 amide bonds. The van der Waals surface area contributed by atoms with Gasteiger partial charge in [0.1, 0.15) is 0 Å². The first-order chi connectivity index (χ1) is 7.07. The van der Waals surface area contributed by atoms with Crippen LogP contribution in [0, 0.1) is 12.3 Å². The molecule has 2 rings (SSSR count). The Kier molecular flexibility index (Phi) is 2.83. The van der Waals surface area contributed by atoms with E-state index in [0.717, 1.165) is 6.54 Å². The number of nitrogens with one attached hydrogen (secondary N) is 2. The van der Waals surface area contributed by atoms with Gasteiger partial charge in [0, 0.05) is 23.8 Å². The summed E-state index contributed by atoms with van der Waals surface area (Å²) in [4.78, 5) is 0. The molecule has 15 heavy (non-hydrogen) atoms. The van der Waals surface area contributed by atoms with E-state index in [9.17, 15) is 0 Å². The van der Waals surface area contributed by atoms with E-state index in [0.29, 0.717) is 11.5 Å². The van der Waals surface area contributed by atoms with Crippen LogP contribution >= 0.6 is 0 Å². The van der Waals surface area contributed by atoms with Crippen molar-refractivity contribution in [3.63, 3.8) is 0 Å². The quantitative estimate of drug-likeness (QED) is 0.799. The molecule has 1 heterocycles. The summed E-state index contributed by atoms with van der Waals surface area (Å²) in [6.45, 7) is 7.74. The minimum absolute atomic E-state index is 0.531. The van der Waals surface area contributed by atoms with E-state index < -0.39 is 0 Å². The van der Waals surface area contributed by atoms with E-state index in [1.54, 1.807) is 0 Å². The zero-order chi connectivity index (χ0) is 10.9. The molecule has 0 bridgehead atoms. The molecule has 1 unspecified atom stereocenters. The van der Waals surface area contributed by atoms with Crippen molar-refractivity contribution in [1.82, 2.24) is 15.5 Å². The maximum absolute atomic E-state index is 4.03. The maximum Gasteiger partial charge on any atom is 0.0535 e. The molecule has 1 saturated carbocycles. The van der Waals surface area contributed by atoms with Crippen LogP contribution in [0.1, 0.15) is 44.4 Å². The summed E-state index contributed by atoms with van der Waals surface area (Å²) < 4.78 is 0. The molecule has 0 aromatic carbocycles. The van der Waals surface area contributed by atoms with Gasteiger partial charge in [0.05, 0.1) is 6.20 Å². The molecule has 0 aliphatic heterocycles. The van der Waals surface area contributed by atoms with Gasteiger partial charge < -0.3 is 5.32 Å². The van der Waals surface area contributed by atoms with Crippen molar-refractivity contribution in [1.29, 1.82) is 0 Å². The highest BCUT2D eigenvalue weighted by molar-refractivity contribution is 5.14. The van der Waals surface area contributed by atoms with Gasteiger partial charge in [-0.2, -0.15) is 5.10 Å². The molecule has 1 aliphatic carbocycles. The molecule has 1 fully saturated rings. The van der Waals surface area contributed by atoms with Crippen LogP contribution in [-0.4, -0.2) is 16.2 Å². The maximum atomic E-state index is 4.03. The Morgan fingerprint density at radius 3 is 2.93 bits per heavy atom. The fraction of sp³-hybridized carbons (Fsp3) is 0.750. The van der Waals surface area contributed by atoms with Crippen molar-refractivity contribution in [3.8, 4) is 0 Å². The summed E-state index contributed by atoms with van der Waals surface area (Å²) in [7, 11) is 0. The second-order valence-corrected chi connectivity index (χ2v) is 5.51. The summed E-state index contributed by atoms with van der Waals surface area (Å²) >= 11 is 0. The summed E-state index contributed by atoms with van der Waals surface area (Å²) in [6.07, 6.45) is 5.87. The lowest BCUT2D eigenvalue weighted by molar-refractivity contribution is 0.364. The van der Waals surface area contributed by atoms with E-state index in [4.69, 9.17) is 0 Å². The molecule has 3 nitrogen and oxygen atoms in total. The lowest BCUT2D eigenvalue weighted by atomic mass is 9.92. The molecular weight excluding hydrogens is 186 g/mol. The molecule has 1 aromatic heterocycles. The van der Waals surface area contributed by atoms with Gasteiger partial charge in [0.25, 0.3) is 0 Å². The second-order valence-electron chi connectivity index (χ2n) is 5.51. The summed E-state index contributed by atoms with van der Waals surface area (Å²) in [5, 5.41) is 10.6. The van der Waals surface area contributed by atoms with Crippen molar-refractivity contribution in [3.05, 3.63) is 17.5 Å². The van der Waals surface area contributed by atoms with Crippen LogP contribution in [0.15, 0.2) is 6.20 Å². The van der Waals surface area contributed by atoms with Crippen LogP contribution in [-0.2, 0) is 6.54 Å². The average molecular weight is 207 g/mol. The molecular formula is C12H21N3. The highest BCUT2D eigenvalue weighted by Crippen LogP contribution is 2.36. The van der Waals surface area contributed by atoms with E-state index in [1.807, 2.05) is 6.20 Å². The Labute approximate surface area is 91.7 Å². The highest BCUT2D eigenvalue weighted by atomic mass is 15.1. The number of H-pyrrole nitrogens is 1. The van der Waals surface area contributed by atoms with Crippen molar-refractivity contribution in [2.75, 3.05) is 0 Å². The van der Waals surface area contributed by atoms with Crippen LogP contribution < -0.4 is 5.32 Å². The minimum Gasteiger partial charge on any atom is -0.310 e. The first kappa shape index (κ1) is 10.7. The fourth-order valence-corrected chi connectivity index (χ4v) is 2.42. The number of hydrogen-bond donors (Lipinski definition) is 2. The Morgan fingerprint density at radius 1 is 1.60 bits per heavy atom. The SMILES string of the molecule is Cc1[nH]ncc1CNC1CCC(C)(C)C1. The Morgan fingerprint density at radius 2 is 2.40 bits per heavy atom. The number of nitrogens with zero attached hydrogens (tertiary/aromatic N) is 1. The molecule has 3 heteroatoms. The van der Waals surface area contributed by atoms with Crippen molar-refractivity contribution in [2.45, 2.75) is 52.6 Å². The van der Waals surface area contributed by atoms with Crippen molar-refractivity contribution < 1.29 is 0 Å². The van der Waals surface area contributed by atoms with Crippen LogP contribution in [0.4, 0.5) is 0 Å². The standard InChI is InChI=1S/C12H21N3/c1-9-10(8-14-15-9)7-13-11-4-5-12(2,3)6-11/h8,11,13H,4-7H2,1-3H3,(H,14,15). The Hall–Kier alpha value is -0.830. The number of aryl methyl sites for hydroxylation is 1. The fourth-order valence-electron chi connectivity index (χ4n) is 2.42. The lowest BCUT2D eigenvalue weighted by Gasteiger charge is -2.17. The summed E-state index contributed by atoms with van der Waals surface area (Å²) in [5.41, 5.74) is 3.00.